The number of rotatable bonds is 3. The summed E-state index contributed by atoms with van der Waals surface area (Å²) in [7, 11) is 0. The third-order valence-corrected chi connectivity index (χ3v) is 5.66. The summed E-state index contributed by atoms with van der Waals surface area (Å²) in [6.07, 6.45) is 14.1. The summed E-state index contributed by atoms with van der Waals surface area (Å²) in [6, 6.07) is 0. The van der Waals surface area contributed by atoms with E-state index in [1.807, 2.05) is 0 Å². The first-order valence-electron chi connectivity index (χ1n) is 9.31. The van der Waals surface area contributed by atoms with Gasteiger partial charge in [-0.2, -0.15) is 0 Å². The van der Waals surface area contributed by atoms with Gasteiger partial charge in [-0.15, -0.1) is 0 Å². The molecule has 1 aliphatic carbocycles. The second-order valence-corrected chi connectivity index (χ2v) is 7.59. The molecular formula is C21H35N. The molecule has 22 heavy (non-hydrogen) atoms. The first kappa shape index (κ1) is 17.5. The quantitative estimate of drug-likeness (QED) is 0.600. The van der Waals surface area contributed by atoms with Gasteiger partial charge in [-0.05, 0) is 82.9 Å². The van der Waals surface area contributed by atoms with E-state index in [2.05, 4.69) is 44.4 Å². The Bertz CT molecular complexity index is 429. The van der Waals surface area contributed by atoms with Crippen LogP contribution < -0.4 is 0 Å². The van der Waals surface area contributed by atoms with Crippen LogP contribution in [0.15, 0.2) is 35.5 Å². The molecule has 0 aromatic carbocycles. The molecule has 0 aromatic heterocycles. The standard InChI is InChI=1S/C21H35N/c1-17(2)21-13-15-22(14-12-19(21)4)16-20-11-9-7-5-6-8-10-18(20)3/h9,11,19,21H,1,5-8,10,12-16H2,2-4H3/b11-9-,20-18-/t19?,21-/m0/s1. The van der Waals surface area contributed by atoms with E-state index >= 15 is 0 Å². The lowest BCUT2D eigenvalue weighted by atomic mass is 9.85. The van der Waals surface area contributed by atoms with Crippen LogP contribution in [0.5, 0.6) is 0 Å². The largest absolute Gasteiger partial charge is 0.299 e. The fourth-order valence-corrected chi connectivity index (χ4v) is 3.98. The van der Waals surface area contributed by atoms with Gasteiger partial charge in [-0.25, -0.2) is 0 Å². The molecule has 0 amide bonds. The van der Waals surface area contributed by atoms with E-state index in [-0.39, 0.29) is 0 Å². The summed E-state index contributed by atoms with van der Waals surface area (Å²) >= 11 is 0. The number of nitrogens with zero attached hydrogens (tertiary/aromatic N) is 1. The van der Waals surface area contributed by atoms with Gasteiger partial charge in [0.15, 0.2) is 0 Å². The molecule has 2 aliphatic rings. The molecule has 0 saturated carbocycles. The number of allylic oxidation sites excluding steroid dienone is 3. The van der Waals surface area contributed by atoms with Gasteiger partial charge in [0.25, 0.3) is 0 Å². The van der Waals surface area contributed by atoms with E-state index in [9.17, 15) is 0 Å². The maximum absolute atomic E-state index is 4.22. The highest BCUT2D eigenvalue weighted by Crippen LogP contribution is 2.29. The minimum atomic E-state index is 0.719. The van der Waals surface area contributed by atoms with Crippen molar-refractivity contribution in [3.8, 4) is 0 Å². The molecule has 1 heterocycles. The third kappa shape index (κ3) is 5.12. The highest BCUT2D eigenvalue weighted by Gasteiger charge is 2.24. The molecule has 1 unspecified atom stereocenters. The van der Waals surface area contributed by atoms with E-state index in [0.717, 1.165) is 18.4 Å². The van der Waals surface area contributed by atoms with Crippen LogP contribution in [0.1, 0.15) is 65.7 Å². The second-order valence-electron chi connectivity index (χ2n) is 7.59. The smallest absolute Gasteiger partial charge is 0.0233 e. The van der Waals surface area contributed by atoms with Gasteiger partial charge in [-0.3, -0.25) is 4.90 Å². The minimum Gasteiger partial charge on any atom is -0.299 e. The van der Waals surface area contributed by atoms with Crippen LogP contribution >= 0.6 is 0 Å². The van der Waals surface area contributed by atoms with Crippen molar-refractivity contribution in [2.45, 2.75) is 65.7 Å². The van der Waals surface area contributed by atoms with Crippen LogP contribution in [0.4, 0.5) is 0 Å². The van der Waals surface area contributed by atoms with Crippen molar-refractivity contribution < 1.29 is 0 Å². The molecule has 0 N–H and O–H groups in total. The van der Waals surface area contributed by atoms with Crippen LogP contribution in [0.2, 0.25) is 0 Å². The average molecular weight is 302 g/mol. The van der Waals surface area contributed by atoms with Gasteiger partial charge in [0, 0.05) is 6.54 Å². The molecular weight excluding hydrogens is 266 g/mol. The fourth-order valence-electron chi connectivity index (χ4n) is 3.98. The van der Waals surface area contributed by atoms with E-state index in [4.69, 9.17) is 0 Å². The Balaban J connectivity index is 2.00. The molecule has 124 valence electrons. The normalized spacial score (nSPS) is 33.4. The lowest BCUT2D eigenvalue weighted by Gasteiger charge is -2.22. The van der Waals surface area contributed by atoms with E-state index in [1.165, 1.54) is 63.6 Å². The molecule has 0 radical (unpaired) electrons. The Hall–Kier alpha value is -0.820. The molecule has 2 atom stereocenters. The van der Waals surface area contributed by atoms with Crippen molar-refractivity contribution in [1.29, 1.82) is 0 Å². The molecule has 1 nitrogen and oxygen atoms in total. The summed E-state index contributed by atoms with van der Waals surface area (Å²) in [5.74, 6) is 1.50. The van der Waals surface area contributed by atoms with Crippen LogP contribution in [-0.2, 0) is 0 Å². The molecule has 2 rings (SSSR count). The molecule has 0 spiro atoms. The molecule has 0 bridgehead atoms. The van der Waals surface area contributed by atoms with Gasteiger partial charge in [0.05, 0.1) is 0 Å². The molecule has 1 saturated heterocycles. The molecule has 1 heteroatoms. The van der Waals surface area contributed by atoms with Crippen molar-refractivity contribution in [3.05, 3.63) is 35.5 Å². The van der Waals surface area contributed by atoms with Crippen molar-refractivity contribution in [3.63, 3.8) is 0 Å². The van der Waals surface area contributed by atoms with Crippen molar-refractivity contribution in [2.75, 3.05) is 19.6 Å². The van der Waals surface area contributed by atoms with E-state index in [1.54, 1.807) is 11.1 Å². The zero-order chi connectivity index (χ0) is 15.9. The predicted octanol–water partition coefficient (Wildman–Crippen LogP) is 5.75. The van der Waals surface area contributed by atoms with Crippen molar-refractivity contribution in [1.82, 2.24) is 4.90 Å². The number of hydrogen-bond acceptors (Lipinski definition) is 1. The second kappa shape index (κ2) is 8.72. The highest BCUT2D eigenvalue weighted by molar-refractivity contribution is 5.26. The van der Waals surface area contributed by atoms with Crippen molar-refractivity contribution >= 4 is 0 Å². The summed E-state index contributed by atoms with van der Waals surface area (Å²) in [5.41, 5.74) is 4.59. The fraction of sp³-hybridized carbons (Fsp3) is 0.714. The zero-order valence-corrected chi connectivity index (χ0v) is 15.0. The SMILES string of the molecule is C=C(C)[C@@H]1CCN(CC2=C(/C)CCCCC/C=C\2)CCC1C. The Labute approximate surface area is 138 Å². The summed E-state index contributed by atoms with van der Waals surface area (Å²) in [5, 5.41) is 0. The van der Waals surface area contributed by atoms with E-state index in [0.29, 0.717) is 0 Å². The summed E-state index contributed by atoms with van der Waals surface area (Å²) in [4.78, 5) is 2.68. The Morgan fingerprint density at radius 3 is 2.77 bits per heavy atom. The minimum absolute atomic E-state index is 0.719. The van der Waals surface area contributed by atoms with Crippen LogP contribution in [0.25, 0.3) is 0 Å². The van der Waals surface area contributed by atoms with Gasteiger partial charge in [0.2, 0.25) is 0 Å². The zero-order valence-electron chi connectivity index (χ0n) is 15.0. The van der Waals surface area contributed by atoms with Gasteiger partial charge >= 0.3 is 0 Å². The van der Waals surface area contributed by atoms with Gasteiger partial charge in [-0.1, -0.05) is 43.2 Å². The molecule has 1 fully saturated rings. The Morgan fingerprint density at radius 1 is 1.23 bits per heavy atom. The third-order valence-electron chi connectivity index (χ3n) is 5.66. The Kier molecular flexibility index (Phi) is 6.95. The van der Waals surface area contributed by atoms with E-state index < -0.39 is 0 Å². The maximum Gasteiger partial charge on any atom is 0.0233 e. The van der Waals surface area contributed by atoms with Crippen LogP contribution in [0.3, 0.4) is 0 Å². The number of hydrogen-bond donors (Lipinski definition) is 0. The first-order valence-corrected chi connectivity index (χ1v) is 9.31. The summed E-state index contributed by atoms with van der Waals surface area (Å²) in [6.45, 7) is 14.8. The van der Waals surface area contributed by atoms with Gasteiger partial charge < -0.3 is 0 Å². The number of likely N-dealkylation sites (tertiary alicyclic amines) is 1. The van der Waals surface area contributed by atoms with Gasteiger partial charge in [0.1, 0.15) is 0 Å². The van der Waals surface area contributed by atoms with Crippen LogP contribution in [-0.4, -0.2) is 24.5 Å². The highest BCUT2D eigenvalue weighted by atomic mass is 15.1. The Morgan fingerprint density at radius 2 is 2.00 bits per heavy atom. The molecule has 0 aromatic rings. The monoisotopic (exact) mass is 301 g/mol. The lowest BCUT2D eigenvalue weighted by Crippen LogP contribution is -2.27. The topological polar surface area (TPSA) is 3.24 Å². The van der Waals surface area contributed by atoms with Crippen molar-refractivity contribution in [2.24, 2.45) is 11.8 Å². The molecule has 1 aliphatic heterocycles. The maximum atomic E-state index is 4.22. The lowest BCUT2D eigenvalue weighted by molar-refractivity contribution is 0.305. The summed E-state index contributed by atoms with van der Waals surface area (Å²) < 4.78 is 0. The van der Waals surface area contributed by atoms with Crippen LogP contribution in [0, 0.1) is 11.8 Å². The average Bonchev–Trinajstić information content (AvgIpc) is 2.59. The predicted molar refractivity (Wildman–Crippen MR) is 98.1 cm³/mol. The first-order chi connectivity index (χ1) is 10.6.